The Labute approximate surface area is 182 Å². The van der Waals surface area contributed by atoms with Crippen LogP contribution in [0.3, 0.4) is 0 Å². The summed E-state index contributed by atoms with van der Waals surface area (Å²) in [5.41, 5.74) is 1.89. The van der Waals surface area contributed by atoms with Gasteiger partial charge in [0.25, 0.3) is 0 Å². The van der Waals surface area contributed by atoms with Gasteiger partial charge in [0.05, 0.1) is 25.8 Å². The maximum atomic E-state index is 12.6. The monoisotopic (exact) mass is 430 g/mol. The summed E-state index contributed by atoms with van der Waals surface area (Å²) in [6.45, 7) is 5.24. The van der Waals surface area contributed by atoms with Gasteiger partial charge < -0.3 is 24.0 Å². The summed E-state index contributed by atoms with van der Waals surface area (Å²) in [5.74, 6) is 1.87. The zero-order valence-corrected chi connectivity index (χ0v) is 18.3. The van der Waals surface area contributed by atoms with Gasteiger partial charge in [0, 0.05) is 44.0 Å². The molecule has 1 heterocycles. The fourth-order valence-electron chi connectivity index (χ4n) is 3.39. The molecule has 2 aromatic rings. The van der Waals surface area contributed by atoms with Crippen LogP contribution in [0.1, 0.15) is 12.5 Å². The third kappa shape index (κ3) is 5.19. The molecular weight excluding hydrogens is 404 g/mol. The molecule has 0 unspecified atom stereocenters. The average molecular weight is 431 g/mol. The Hall–Kier alpha value is -2.86. The molecule has 160 valence electrons. The van der Waals surface area contributed by atoms with Gasteiger partial charge in [0.15, 0.2) is 11.5 Å². The van der Waals surface area contributed by atoms with E-state index in [2.05, 4.69) is 11.0 Å². The third-order valence-corrected chi connectivity index (χ3v) is 5.25. The molecule has 0 N–H and O–H groups in total. The first kappa shape index (κ1) is 21.8. The molecule has 0 bridgehead atoms. The third-order valence-electron chi connectivity index (χ3n) is 4.97. The maximum Gasteiger partial charge on any atom is 0.246 e. The molecule has 0 aliphatic carbocycles. The van der Waals surface area contributed by atoms with Crippen LogP contribution >= 0.6 is 11.6 Å². The van der Waals surface area contributed by atoms with E-state index in [0.29, 0.717) is 36.2 Å². The number of rotatable bonds is 7. The molecular formula is C23H27ClN2O4. The molecule has 0 aromatic heterocycles. The molecule has 6 nitrogen and oxygen atoms in total. The summed E-state index contributed by atoms with van der Waals surface area (Å²) in [5, 5.41) is 0.454. The van der Waals surface area contributed by atoms with Gasteiger partial charge in [-0.3, -0.25) is 4.79 Å². The minimum atomic E-state index is -0.0238. The summed E-state index contributed by atoms with van der Waals surface area (Å²) in [6, 6.07) is 11.5. The fraction of sp³-hybridized carbons (Fsp3) is 0.348. The number of methoxy groups -OCH3 is 2. The zero-order chi connectivity index (χ0) is 21.5. The Balaban J connectivity index is 1.62. The molecule has 0 saturated carbocycles. The first-order valence-electron chi connectivity index (χ1n) is 9.92. The number of ether oxygens (including phenoxy) is 3. The van der Waals surface area contributed by atoms with Crippen LogP contribution < -0.4 is 19.1 Å². The van der Waals surface area contributed by atoms with Crippen LogP contribution in [-0.4, -0.2) is 57.8 Å². The van der Waals surface area contributed by atoms with E-state index in [1.54, 1.807) is 38.5 Å². The van der Waals surface area contributed by atoms with Crippen LogP contribution in [0, 0.1) is 0 Å². The molecule has 0 spiro atoms. The highest BCUT2D eigenvalue weighted by molar-refractivity contribution is 6.32. The molecule has 1 amide bonds. The predicted molar refractivity (Wildman–Crippen MR) is 120 cm³/mol. The summed E-state index contributed by atoms with van der Waals surface area (Å²) in [6.07, 6.45) is 3.33. The van der Waals surface area contributed by atoms with E-state index in [9.17, 15) is 4.79 Å². The van der Waals surface area contributed by atoms with Gasteiger partial charge in [0.2, 0.25) is 5.91 Å². The van der Waals surface area contributed by atoms with Crippen molar-refractivity contribution >= 4 is 29.3 Å². The van der Waals surface area contributed by atoms with Crippen molar-refractivity contribution in [3.8, 4) is 17.2 Å². The van der Waals surface area contributed by atoms with Crippen molar-refractivity contribution in [1.82, 2.24) is 4.90 Å². The zero-order valence-electron chi connectivity index (χ0n) is 17.6. The molecule has 3 rings (SSSR count). The Morgan fingerprint density at radius 2 is 1.87 bits per heavy atom. The van der Waals surface area contributed by atoms with Crippen molar-refractivity contribution in [3.05, 3.63) is 53.1 Å². The van der Waals surface area contributed by atoms with Gasteiger partial charge in [-0.2, -0.15) is 0 Å². The molecule has 0 atom stereocenters. The highest BCUT2D eigenvalue weighted by Gasteiger charge is 2.20. The SMILES string of the molecule is CCOc1c(Cl)cc(/C=C/C(=O)N2CCN(c3cccc(OC)c3)CC2)cc1OC. The van der Waals surface area contributed by atoms with Gasteiger partial charge in [-0.15, -0.1) is 0 Å². The molecule has 0 radical (unpaired) electrons. The average Bonchev–Trinajstić information content (AvgIpc) is 2.79. The van der Waals surface area contributed by atoms with Crippen molar-refractivity contribution in [3.63, 3.8) is 0 Å². The molecule has 7 heteroatoms. The lowest BCUT2D eigenvalue weighted by Gasteiger charge is -2.35. The molecule has 30 heavy (non-hydrogen) atoms. The molecule has 1 fully saturated rings. The second-order valence-electron chi connectivity index (χ2n) is 6.81. The number of nitrogens with zero attached hydrogens (tertiary/aromatic N) is 2. The van der Waals surface area contributed by atoms with Crippen LogP contribution in [0.25, 0.3) is 6.08 Å². The Bertz CT molecular complexity index is 908. The second-order valence-corrected chi connectivity index (χ2v) is 7.22. The summed E-state index contributed by atoms with van der Waals surface area (Å²) in [4.78, 5) is 16.7. The Morgan fingerprint density at radius 1 is 1.10 bits per heavy atom. The quantitative estimate of drug-likeness (QED) is 0.618. The lowest BCUT2D eigenvalue weighted by molar-refractivity contribution is -0.126. The van der Waals surface area contributed by atoms with Gasteiger partial charge in [-0.05, 0) is 42.8 Å². The molecule has 1 saturated heterocycles. The van der Waals surface area contributed by atoms with Crippen molar-refractivity contribution in [2.75, 3.05) is 51.9 Å². The summed E-state index contributed by atoms with van der Waals surface area (Å²) in [7, 11) is 3.23. The van der Waals surface area contributed by atoms with Crippen LogP contribution in [0.4, 0.5) is 5.69 Å². The van der Waals surface area contributed by atoms with E-state index in [1.165, 1.54) is 0 Å². The Kier molecular flexibility index (Phi) is 7.46. The number of piperazine rings is 1. The maximum absolute atomic E-state index is 12.6. The number of amides is 1. The number of carbonyl (C=O) groups excluding carboxylic acids is 1. The van der Waals surface area contributed by atoms with E-state index < -0.39 is 0 Å². The molecule has 1 aliphatic rings. The second kappa shape index (κ2) is 10.3. The number of hydrogen-bond acceptors (Lipinski definition) is 5. The highest BCUT2D eigenvalue weighted by Crippen LogP contribution is 2.36. The van der Waals surface area contributed by atoms with E-state index in [4.69, 9.17) is 25.8 Å². The first-order chi connectivity index (χ1) is 14.5. The van der Waals surface area contributed by atoms with Crippen molar-refractivity contribution < 1.29 is 19.0 Å². The van der Waals surface area contributed by atoms with E-state index in [-0.39, 0.29) is 5.91 Å². The molecule has 2 aromatic carbocycles. The number of hydrogen-bond donors (Lipinski definition) is 0. The van der Waals surface area contributed by atoms with E-state index in [0.717, 1.165) is 30.1 Å². The van der Waals surface area contributed by atoms with Crippen molar-refractivity contribution in [1.29, 1.82) is 0 Å². The standard InChI is InChI=1S/C23H27ClN2O4/c1-4-30-23-20(24)14-17(15-21(23)29-3)8-9-22(27)26-12-10-25(11-13-26)18-6-5-7-19(16-18)28-2/h5-9,14-16H,4,10-13H2,1-3H3/b9-8+. The largest absolute Gasteiger partial charge is 0.497 e. The van der Waals surface area contributed by atoms with Gasteiger partial charge >= 0.3 is 0 Å². The minimum Gasteiger partial charge on any atom is -0.497 e. The lowest BCUT2D eigenvalue weighted by Crippen LogP contribution is -2.48. The number of anilines is 1. The fourth-order valence-corrected chi connectivity index (χ4v) is 3.66. The van der Waals surface area contributed by atoms with Crippen LogP contribution in [0.5, 0.6) is 17.2 Å². The minimum absolute atomic E-state index is 0.0238. The van der Waals surface area contributed by atoms with Crippen molar-refractivity contribution in [2.24, 2.45) is 0 Å². The van der Waals surface area contributed by atoms with Gasteiger partial charge in [-0.1, -0.05) is 17.7 Å². The predicted octanol–water partition coefficient (Wildman–Crippen LogP) is 4.12. The lowest BCUT2D eigenvalue weighted by atomic mass is 10.1. The normalized spacial score (nSPS) is 14.1. The molecule has 1 aliphatic heterocycles. The Morgan fingerprint density at radius 3 is 2.53 bits per heavy atom. The van der Waals surface area contributed by atoms with Gasteiger partial charge in [-0.25, -0.2) is 0 Å². The number of benzene rings is 2. The van der Waals surface area contributed by atoms with Gasteiger partial charge in [0.1, 0.15) is 5.75 Å². The number of halogens is 1. The summed E-state index contributed by atoms with van der Waals surface area (Å²) < 4.78 is 16.2. The van der Waals surface area contributed by atoms with Crippen LogP contribution in [0.15, 0.2) is 42.5 Å². The van der Waals surface area contributed by atoms with E-state index in [1.807, 2.05) is 30.0 Å². The first-order valence-corrected chi connectivity index (χ1v) is 10.3. The number of carbonyl (C=O) groups is 1. The van der Waals surface area contributed by atoms with E-state index >= 15 is 0 Å². The summed E-state index contributed by atoms with van der Waals surface area (Å²) >= 11 is 6.30. The van der Waals surface area contributed by atoms with Crippen LogP contribution in [0.2, 0.25) is 5.02 Å². The topological polar surface area (TPSA) is 51.2 Å². The smallest absolute Gasteiger partial charge is 0.246 e. The highest BCUT2D eigenvalue weighted by atomic mass is 35.5. The van der Waals surface area contributed by atoms with Crippen LogP contribution in [-0.2, 0) is 4.79 Å². The van der Waals surface area contributed by atoms with Crippen molar-refractivity contribution in [2.45, 2.75) is 6.92 Å².